The van der Waals surface area contributed by atoms with E-state index in [1.165, 1.54) is 19.6 Å². The molecule has 0 fully saturated rings. The SMILES string of the molecule is COc1ncnc2[nH]cc(F)c12. The Labute approximate surface area is 67.4 Å². The van der Waals surface area contributed by atoms with Gasteiger partial charge in [-0.05, 0) is 0 Å². The maximum absolute atomic E-state index is 13.0. The van der Waals surface area contributed by atoms with Gasteiger partial charge in [-0.1, -0.05) is 0 Å². The molecule has 2 heterocycles. The van der Waals surface area contributed by atoms with Crippen LogP contribution < -0.4 is 4.74 Å². The molecule has 0 aliphatic heterocycles. The number of H-pyrrole nitrogens is 1. The maximum atomic E-state index is 13.0. The molecule has 2 aromatic heterocycles. The molecule has 0 atom stereocenters. The van der Waals surface area contributed by atoms with Gasteiger partial charge in [-0.15, -0.1) is 0 Å². The minimum atomic E-state index is -0.401. The molecule has 12 heavy (non-hydrogen) atoms. The average molecular weight is 167 g/mol. The topological polar surface area (TPSA) is 50.8 Å². The van der Waals surface area contributed by atoms with E-state index in [-0.39, 0.29) is 5.88 Å². The second-order valence-corrected chi connectivity index (χ2v) is 2.24. The Hall–Kier alpha value is -1.65. The van der Waals surface area contributed by atoms with Crippen LogP contribution in [0, 0.1) is 5.82 Å². The van der Waals surface area contributed by atoms with Crippen LogP contribution in [0.25, 0.3) is 11.0 Å². The number of ether oxygens (including phenoxy) is 1. The van der Waals surface area contributed by atoms with Crippen molar-refractivity contribution in [2.24, 2.45) is 0 Å². The van der Waals surface area contributed by atoms with Crippen LogP contribution in [0.15, 0.2) is 12.5 Å². The van der Waals surface area contributed by atoms with Crippen molar-refractivity contribution >= 4 is 11.0 Å². The zero-order valence-electron chi connectivity index (χ0n) is 6.34. The van der Waals surface area contributed by atoms with Crippen molar-refractivity contribution in [3.63, 3.8) is 0 Å². The van der Waals surface area contributed by atoms with E-state index in [0.29, 0.717) is 11.0 Å². The molecule has 0 amide bonds. The lowest BCUT2D eigenvalue weighted by atomic mass is 10.4. The third-order valence-electron chi connectivity index (χ3n) is 1.58. The van der Waals surface area contributed by atoms with Gasteiger partial charge in [-0.25, -0.2) is 14.4 Å². The molecular formula is C7H6FN3O. The first kappa shape index (κ1) is 7.02. The summed E-state index contributed by atoms with van der Waals surface area (Å²) in [5.41, 5.74) is 0.444. The number of aromatic amines is 1. The van der Waals surface area contributed by atoms with Crippen molar-refractivity contribution in [3.05, 3.63) is 18.3 Å². The van der Waals surface area contributed by atoms with E-state index in [9.17, 15) is 4.39 Å². The number of methoxy groups -OCH3 is 1. The van der Waals surface area contributed by atoms with Gasteiger partial charge in [0, 0.05) is 6.20 Å². The highest BCUT2D eigenvalue weighted by Gasteiger charge is 2.10. The summed E-state index contributed by atoms with van der Waals surface area (Å²) in [7, 11) is 1.44. The van der Waals surface area contributed by atoms with Gasteiger partial charge in [-0.3, -0.25) is 0 Å². The standard InChI is InChI=1S/C7H6FN3O/c1-12-7-5-4(8)2-9-6(5)10-3-11-7/h2-3H,1H3,(H,9,10,11). The molecule has 1 N–H and O–H groups in total. The normalized spacial score (nSPS) is 10.5. The Morgan fingerprint density at radius 3 is 3.08 bits per heavy atom. The van der Waals surface area contributed by atoms with Crippen LogP contribution in [-0.4, -0.2) is 22.1 Å². The van der Waals surface area contributed by atoms with E-state index in [1.54, 1.807) is 0 Å². The van der Waals surface area contributed by atoms with Crippen molar-refractivity contribution in [1.29, 1.82) is 0 Å². The first-order valence-electron chi connectivity index (χ1n) is 3.34. The van der Waals surface area contributed by atoms with Crippen molar-refractivity contribution in [3.8, 4) is 5.88 Å². The highest BCUT2D eigenvalue weighted by Crippen LogP contribution is 2.22. The number of halogens is 1. The van der Waals surface area contributed by atoms with Crippen molar-refractivity contribution in [2.75, 3.05) is 7.11 Å². The van der Waals surface area contributed by atoms with Crippen LogP contribution in [0.4, 0.5) is 4.39 Å². The molecule has 2 aromatic rings. The molecule has 2 rings (SSSR count). The molecule has 0 unspecified atom stereocenters. The summed E-state index contributed by atoms with van der Waals surface area (Å²) in [6.45, 7) is 0. The molecule has 0 bridgehead atoms. The van der Waals surface area contributed by atoms with Crippen molar-refractivity contribution in [1.82, 2.24) is 15.0 Å². The van der Waals surface area contributed by atoms with Crippen LogP contribution in [0.5, 0.6) is 5.88 Å². The molecule has 0 spiro atoms. The van der Waals surface area contributed by atoms with E-state index >= 15 is 0 Å². The first-order chi connectivity index (χ1) is 5.83. The van der Waals surface area contributed by atoms with Gasteiger partial charge >= 0.3 is 0 Å². The van der Waals surface area contributed by atoms with Crippen LogP contribution in [0.2, 0.25) is 0 Å². The number of nitrogens with one attached hydrogen (secondary N) is 1. The third kappa shape index (κ3) is 0.827. The Balaban J connectivity index is 2.84. The summed E-state index contributed by atoms with van der Waals surface area (Å²) in [5.74, 6) is -0.152. The van der Waals surface area contributed by atoms with Crippen molar-refractivity contribution < 1.29 is 9.13 Å². The number of aromatic nitrogens is 3. The summed E-state index contributed by atoms with van der Waals surface area (Å²) in [6.07, 6.45) is 2.54. The van der Waals surface area contributed by atoms with E-state index in [2.05, 4.69) is 15.0 Å². The lowest BCUT2D eigenvalue weighted by molar-refractivity contribution is 0.401. The highest BCUT2D eigenvalue weighted by atomic mass is 19.1. The fraction of sp³-hybridized carbons (Fsp3) is 0.143. The number of hydrogen-bond acceptors (Lipinski definition) is 3. The predicted octanol–water partition coefficient (Wildman–Crippen LogP) is 1.11. The number of fused-ring (bicyclic) bond motifs is 1. The van der Waals surface area contributed by atoms with Crippen LogP contribution in [0.1, 0.15) is 0 Å². The summed E-state index contributed by atoms with van der Waals surface area (Å²) in [4.78, 5) is 10.2. The summed E-state index contributed by atoms with van der Waals surface area (Å²) in [6, 6.07) is 0. The van der Waals surface area contributed by atoms with E-state index in [0.717, 1.165) is 0 Å². The maximum Gasteiger partial charge on any atom is 0.228 e. The molecule has 0 saturated carbocycles. The molecular weight excluding hydrogens is 161 g/mol. The number of rotatable bonds is 1. The minimum Gasteiger partial charge on any atom is -0.480 e. The van der Waals surface area contributed by atoms with Gasteiger partial charge in [-0.2, -0.15) is 0 Å². The zero-order chi connectivity index (χ0) is 8.55. The molecule has 62 valence electrons. The van der Waals surface area contributed by atoms with Gasteiger partial charge in [0.1, 0.15) is 17.4 Å². The van der Waals surface area contributed by atoms with Gasteiger partial charge < -0.3 is 9.72 Å². The Kier molecular flexibility index (Phi) is 1.43. The Morgan fingerprint density at radius 1 is 1.50 bits per heavy atom. The molecule has 5 heteroatoms. The predicted molar refractivity (Wildman–Crippen MR) is 40.4 cm³/mol. The molecule has 4 nitrogen and oxygen atoms in total. The highest BCUT2D eigenvalue weighted by molar-refractivity contribution is 5.81. The third-order valence-corrected chi connectivity index (χ3v) is 1.58. The fourth-order valence-electron chi connectivity index (χ4n) is 1.05. The van der Waals surface area contributed by atoms with E-state index in [1.807, 2.05) is 0 Å². The number of hydrogen-bond donors (Lipinski definition) is 1. The monoisotopic (exact) mass is 167 g/mol. The molecule has 0 saturated heterocycles. The van der Waals surface area contributed by atoms with Gasteiger partial charge in [0.15, 0.2) is 5.82 Å². The molecule has 0 aliphatic rings. The lowest BCUT2D eigenvalue weighted by Gasteiger charge is -1.97. The average Bonchev–Trinajstić information content (AvgIpc) is 2.48. The van der Waals surface area contributed by atoms with Gasteiger partial charge in [0.2, 0.25) is 5.88 Å². The van der Waals surface area contributed by atoms with E-state index in [4.69, 9.17) is 4.74 Å². The van der Waals surface area contributed by atoms with Gasteiger partial charge in [0.05, 0.1) is 7.11 Å². The Bertz CT molecular complexity index is 412. The smallest absolute Gasteiger partial charge is 0.228 e. The first-order valence-corrected chi connectivity index (χ1v) is 3.34. The van der Waals surface area contributed by atoms with Crippen LogP contribution >= 0.6 is 0 Å². The molecule has 0 aromatic carbocycles. The van der Waals surface area contributed by atoms with Crippen molar-refractivity contribution in [2.45, 2.75) is 0 Å². The minimum absolute atomic E-state index is 0.249. The van der Waals surface area contributed by atoms with Crippen LogP contribution in [-0.2, 0) is 0 Å². The largest absolute Gasteiger partial charge is 0.480 e. The fourth-order valence-corrected chi connectivity index (χ4v) is 1.05. The molecule has 0 radical (unpaired) electrons. The molecule has 0 aliphatic carbocycles. The van der Waals surface area contributed by atoms with Gasteiger partial charge in [0.25, 0.3) is 0 Å². The Morgan fingerprint density at radius 2 is 2.33 bits per heavy atom. The lowest BCUT2D eigenvalue weighted by Crippen LogP contribution is -1.90. The second kappa shape index (κ2) is 2.44. The van der Waals surface area contributed by atoms with E-state index < -0.39 is 5.82 Å². The quantitative estimate of drug-likeness (QED) is 0.692. The summed E-state index contributed by atoms with van der Waals surface area (Å²) in [5, 5.41) is 0.292. The number of nitrogens with zero attached hydrogens (tertiary/aromatic N) is 2. The summed E-state index contributed by atoms with van der Waals surface area (Å²) < 4.78 is 17.9. The van der Waals surface area contributed by atoms with Crippen LogP contribution in [0.3, 0.4) is 0 Å². The zero-order valence-corrected chi connectivity index (χ0v) is 6.34. The summed E-state index contributed by atoms with van der Waals surface area (Å²) >= 11 is 0. The second-order valence-electron chi connectivity index (χ2n) is 2.24.